The van der Waals surface area contributed by atoms with Crippen LogP contribution in [-0.4, -0.2) is 20.2 Å². The summed E-state index contributed by atoms with van der Waals surface area (Å²) in [5.41, 5.74) is 5.55. The van der Waals surface area contributed by atoms with Crippen LogP contribution in [-0.2, 0) is 0 Å². The first kappa shape index (κ1) is 11.9. The summed E-state index contributed by atoms with van der Waals surface area (Å²) >= 11 is 11.8. The molecule has 0 bridgehead atoms. The van der Waals surface area contributed by atoms with E-state index >= 15 is 0 Å². The van der Waals surface area contributed by atoms with E-state index in [0.717, 1.165) is 0 Å². The molecule has 0 spiro atoms. The number of nitrogens with two attached hydrogens (primary N) is 1. The molecule has 0 aromatic heterocycles. The Morgan fingerprint density at radius 3 is 2.47 bits per heavy atom. The number of ether oxygens (including phenoxy) is 1. The van der Waals surface area contributed by atoms with Crippen molar-refractivity contribution in [3.8, 4) is 5.75 Å². The fourth-order valence-corrected chi connectivity index (χ4v) is 1.57. The van der Waals surface area contributed by atoms with Gasteiger partial charge >= 0.3 is 6.03 Å². The molecular formula is C9H10Cl2N2O2. The number of anilines is 1. The highest BCUT2D eigenvalue weighted by Gasteiger charge is 2.14. The van der Waals surface area contributed by atoms with E-state index in [0.29, 0.717) is 21.5 Å². The SMILES string of the molecule is COc1cc(Cl)c(N(C)C(N)=O)cc1Cl. The van der Waals surface area contributed by atoms with Gasteiger partial charge in [-0.05, 0) is 6.07 Å². The third-order valence-electron chi connectivity index (χ3n) is 1.91. The molecule has 2 N–H and O–H groups in total. The molecule has 1 rings (SSSR count). The van der Waals surface area contributed by atoms with Crippen molar-refractivity contribution in [2.75, 3.05) is 19.1 Å². The molecule has 1 aromatic carbocycles. The van der Waals surface area contributed by atoms with Gasteiger partial charge < -0.3 is 10.5 Å². The largest absolute Gasteiger partial charge is 0.495 e. The van der Waals surface area contributed by atoms with Gasteiger partial charge in [-0.3, -0.25) is 4.90 Å². The fourth-order valence-electron chi connectivity index (χ4n) is 1.05. The van der Waals surface area contributed by atoms with Crippen molar-refractivity contribution >= 4 is 34.9 Å². The monoisotopic (exact) mass is 248 g/mol. The fraction of sp³-hybridized carbons (Fsp3) is 0.222. The Hall–Kier alpha value is -1.13. The number of primary amides is 1. The summed E-state index contributed by atoms with van der Waals surface area (Å²) in [5, 5.41) is 0.711. The smallest absolute Gasteiger partial charge is 0.319 e. The highest BCUT2D eigenvalue weighted by Crippen LogP contribution is 2.35. The van der Waals surface area contributed by atoms with Gasteiger partial charge in [0.1, 0.15) is 5.75 Å². The summed E-state index contributed by atoms with van der Waals surface area (Å²) in [6, 6.07) is 2.43. The van der Waals surface area contributed by atoms with Gasteiger partial charge in [-0.15, -0.1) is 0 Å². The van der Waals surface area contributed by atoms with Gasteiger partial charge in [0.05, 0.1) is 22.8 Å². The van der Waals surface area contributed by atoms with E-state index in [1.165, 1.54) is 31.2 Å². The van der Waals surface area contributed by atoms with Gasteiger partial charge in [0, 0.05) is 13.1 Å². The van der Waals surface area contributed by atoms with Crippen molar-refractivity contribution in [2.45, 2.75) is 0 Å². The second-order valence-electron chi connectivity index (χ2n) is 2.84. The minimum absolute atomic E-state index is 0.345. The first-order valence-corrected chi connectivity index (χ1v) is 4.79. The molecule has 0 unspecified atom stereocenters. The average Bonchev–Trinajstić information content (AvgIpc) is 2.19. The van der Waals surface area contributed by atoms with Crippen molar-refractivity contribution < 1.29 is 9.53 Å². The standard InChI is InChI=1S/C9H10Cl2N2O2/c1-13(9(12)14)7-3-6(11)8(15-2)4-5(7)10/h3-4H,1-2H3,(H2,12,14). The summed E-state index contributed by atoms with van der Waals surface area (Å²) in [6.07, 6.45) is 0. The van der Waals surface area contributed by atoms with Crippen LogP contribution in [0.1, 0.15) is 0 Å². The average molecular weight is 249 g/mol. The third kappa shape index (κ3) is 2.46. The van der Waals surface area contributed by atoms with Gasteiger partial charge in [0.2, 0.25) is 0 Å². The molecule has 0 aliphatic carbocycles. The van der Waals surface area contributed by atoms with Gasteiger partial charge in [-0.25, -0.2) is 4.79 Å². The molecule has 1 aromatic rings. The Balaban J connectivity index is 3.21. The maximum atomic E-state index is 10.9. The maximum absolute atomic E-state index is 10.9. The van der Waals surface area contributed by atoms with Gasteiger partial charge in [0.25, 0.3) is 0 Å². The Morgan fingerprint density at radius 2 is 2.00 bits per heavy atom. The zero-order chi connectivity index (χ0) is 11.6. The lowest BCUT2D eigenvalue weighted by molar-refractivity contribution is 0.255. The molecule has 15 heavy (non-hydrogen) atoms. The Morgan fingerprint density at radius 1 is 1.40 bits per heavy atom. The Bertz CT molecular complexity index is 396. The molecule has 0 aliphatic heterocycles. The number of hydrogen-bond acceptors (Lipinski definition) is 2. The van der Waals surface area contributed by atoms with Crippen LogP contribution in [0.4, 0.5) is 10.5 Å². The molecule has 82 valence electrons. The molecular weight excluding hydrogens is 239 g/mol. The highest BCUT2D eigenvalue weighted by molar-refractivity contribution is 6.36. The zero-order valence-electron chi connectivity index (χ0n) is 8.25. The van der Waals surface area contributed by atoms with Gasteiger partial charge in [-0.1, -0.05) is 23.2 Å². The van der Waals surface area contributed by atoms with Crippen LogP contribution in [0.15, 0.2) is 12.1 Å². The molecule has 0 fully saturated rings. The van der Waals surface area contributed by atoms with Crippen LogP contribution in [0.2, 0.25) is 10.0 Å². The Labute approximate surface area is 97.5 Å². The molecule has 0 heterocycles. The van der Waals surface area contributed by atoms with Crippen LogP contribution < -0.4 is 15.4 Å². The summed E-state index contributed by atoms with van der Waals surface area (Å²) in [4.78, 5) is 12.1. The maximum Gasteiger partial charge on any atom is 0.319 e. The van der Waals surface area contributed by atoms with Gasteiger partial charge in [0.15, 0.2) is 0 Å². The lowest BCUT2D eigenvalue weighted by Gasteiger charge is -2.17. The number of carbonyl (C=O) groups is 1. The predicted molar refractivity (Wildman–Crippen MR) is 61.0 cm³/mol. The summed E-state index contributed by atoms with van der Waals surface area (Å²) in [5.74, 6) is 0.447. The van der Waals surface area contributed by atoms with Crippen molar-refractivity contribution in [3.63, 3.8) is 0 Å². The van der Waals surface area contributed by atoms with Crippen LogP contribution in [0.25, 0.3) is 0 Å². The van der Waals surface area contributed by atoms with E-state index in [1.807, 2.05) is 0 Å². The number of benzene rings is 1. The predicted octanol–water partition coefficient (Wildman–Crippen LogP) is 2.52. The quantitative estimate of drug-likeness (QED) is 0.875. The topological polar surface area (TPSA) is 55.6 Å². The van der Waals surface area contributed by atoms with E-state index in [4.69, 9.17) is 33.7 Å². The molecule has 2 amide bonds. The first-order valence-electron chi connectivity index (χ1n) is 4.03. The third-order valence-corrected chi connectivity index (χ3v) is 2.51. The molecule has 0 saturated carbocycles. The zero-order valence-corrected chi connectivity index (χ0v) is 9.76. The van der Waals surface area contributed by atoms with E-state index in [-0.39, 0.29) is 0 Å². The second kappa shape index (κ2) is 4.59. The lowest BCUT2D eigenvalue weighted by atomic mass is 10.3. The lowest BCUT2D eigenvalue weighted by Crippen LogP contribution is -2.31. The van der Waals surface area contributed by atoms with Crippen LogP contribution in [0.5, 0.6) is 5.75 Å². The minimum Gasteiger partial charge on any atom is -0.495 e. The number of urea groups is 1. The Kier molecular flexibility index (Phi) is 3.66. The van der Waals surface area contributed by atoms with Crippen molar-refractivity contribution in [1.29, 1.82) is 0 Å². The number of rotatable bonds is 2. The minimum atomic E-state index is -0.613. The molecule has 6 heteroatoms. The van der Waals surface area contributed by atoms with E-state index in [9.17, 15) is 4.79 Å². The molecule has 0 saturated heterocycles. The normalized spacial score (nSPS) is 9.87. The number of halogens is 2. The number of methoxy groups -OCH3 is 1. The highest BCUT2D eigenvalue weighted by atomic mass is 35.5. The van der Waals surface area contributed by atoms with Crippen LogP contribution in [0, 0.1) is 0 Å². The van der Waals surface area contributed by atoms with Crippen LogP contribution >= 0.6 is 23.2 Å². The number of amides is 2. The number of nitrogens with zero attached hydrogens (tertiary/aromatic N) is 1. The second-order valence-corrected chi connectivity index (χ2v) is 3.65. The van der Waals surface area contributed by atoms with Gasteiger partial charge in [-0.2, -0.15) is 0 Å². The number of hydrogen-bond donors (Lipinski definition) is 1. The van der Waals surface area contributed by atoms with Crippen molar-refractivity contribution in [3.05, 3.63) is 22.2 Å². The summed E-state index contributed by atoms with van der Waals surface area (Å²) in [7, 11) is 2.99. The van der Waals surface area contributed by atoms with E-state index < -0.39 is 6.03 Å². The first-order chi connectivity index (χ1) is 6.97. The number of carbonyl (C=O) groups excluding carboxylic acids is 1. The molecule has 0 atom stereocenters. The summed E-state index contributed by atoms with van der Waals surface area (Å²) < 4.78 is 4.97. The molecule has 4 nitrogen and oxygen atoms in total. The van der Waals surface area contributed by atoms with E-state index in [2.05, 4.69) is 0 Å². The van der Waals surface area contributed by atoms with Crippen LogP contribution in [0.3, 0.4) is 0 Å². The summed E-state index contributed by atoms with van der Waals surface area (Å²) in [6.45, 7) is 0. The molecule has 0 radical (unpaired) electrons. The van der Waals surface area contributed by atoms with E-state index in [1.54, 1.807) is 0 Å². The van der Waals surface area contributed by atoms with Crippen molar-refractivity contribution in [1.82, 2.24) is 0 Å². The van der Waals surface area contributed by atoms with Crippen molar-refractivity contribution in [2.24, 2.45) is 5.73 Å². The molecule has 0 aliphatic rings.